The lowest BCUT2D eigenvalue weighted by molar-refractivity contribution is 0.411. The molecule has 2 rings (SSSR count). The topological polar surface area (TPSA) is 29.5 Å². The van der Waals surface area contributed by atoms with Crippen molar-refractivity contribution in [2.24, 2.45) is 0 Å². The van der Waals surface area contributed by atoms with Crippen LogP contribution in [0.1, 0.15) is 0 Å². The average Bonchev–Trinajstić information content (AvgIpc) is 2.30. The van der Waals surface area contributed by atoms with Crippen LogP contribution in [0, 0.1) is 5.82 Å². The molecule has 2 aromatic rings. The lowest BCUT2D eigenvalue weighted by atomic mass is 10.0. The lowest BCUT2D eigenvalue weighted by Crippen LogP contribution is -1.88. The molecule has 1 N–H and O–H groups in total. The zero-order valence-corrected chi connectivity index (χ0v) is 8.77. The molecule has 2 nitrogen and oxygen atoms in total. The number of hydrogen-bond donors (Lipinski definition) is 1. The summed E-state index contributed by atoms with van der Waals surface area (Å²) >= 11 is 0. The van der Waals surface area contributed by atoms with Crippen molar-refractivity contribution in [3.63, 3.8) is 0 Å². The van der Waals surface area contributed by atoms with E-state index in [9.17, 15) is 9.50 Å². The number of hydrogen-bond acceptors (Lipinski definition) is 2. The van der Waals surface area contributed by atoms with Crippen LogP contribution in [0.15, 0.2) is 42.5 Å². The highest BCUT2D eigenvalue weighted by atomic mass is 19.1. The van der Waals surface area contributed by atoms with Crippen molar-refractivity contribution in [3.8, 4) is 22.6 Å². The van der Waals surface area contributed by atoms with Gasteiger partial charge in [-0.1, -0.05) is 18.2 Å². The van der Waals surface area contributed by atoms with Crippen LogP contribution in [0.2, 0.25) is 0 Å². The number of halogens is 1. The van der Waals surface area contributed by atoms with Crippen molar-refractivity contribution in [1.82, 2.24) is 0 Å². The van der Waals surface area contributed by atoms with Gasteiger partial charge in [0.2, 0.25) is 0 Å². The zero-order chi connectivity index (χ0) is 11.5. The third kappa shape index (κ3) is 1.84. The van der Waals surface area contributed by atoms with Crippen molar-refractivity contribution in [1.29, 1.82) is 0 Å². The average molecular weight is 218 g/mol. The van der Waals surface area contributed by atoms with Gasteiger partial charge in [-0.15, -0.1) is 0 Å². The Kier molecular flexibility index (Phi) is 2.77. The number of aromatic hydroxyl groups is 1. The Morgan fingerprint density at radius 1 is 1.06 bits per heavy atom. The van der Waals surface area contributed by atoms with Gasteiger partial charge in [0.05, 0.1) is 7.11 Å². The van der Waals surface area contributed by atoms with Gasteiger partial charge in [-0.05, 0) is 18.2 Å². The van der Waals surface area contributed by atoms with Crippen LogP contribution in [0.3, 0.4) is 0 Å². The van der Waals surface area contributed by atoms with Crippen molar-refractivity contribution in [2.45, 2.75) is 0 Å². The van der Waals surface area contributed by atoms with E-state index in [4.69, 9.17) is 4.74 Å². The first-order chi connectivity index (χ1) is 7.72. The van der Waals surface area contributed by atoms with Gasteiger partial charge in [-0.2, -0.15) is 0 Å². The number of benzene rings is 2. The molecule has 0 saturated carbocycles. The highest BCUT2D eigenvalue weighted by Crippen LogP contribution is 2.32. The standard InChI is InChI=1S/C13H11FO2/c1-16-9-6-7-10(12(14)8-9)11-4-2-3-5-13(11)15/h2-8,15H,1H3. The molecule has 82 valence electrons. The number of ether oxygens (including phenoxy) is 1. The molecule has 0 aliphatic rings. The number of rotatable bonds is 2. The summed E-state index contributed by atoms with van der Waals surface area (Å²) in [5.74, 6) is 0.101. The first kappa shape index (κ1) is 10.5. The number of para-hydroxylation sites is 1. The molecule has 0 saturated heterocycles. The maximum Gasteiger partial charge on any atom is 0.134 e. The van der Waals surface area contributed by atoms with Crippen LogP contribution in [0.25, 0.3) is 11.1 Å². The fraction of sp³-hybridized carbons (Fsp3) is 0.0769. The Balaban J connectivity index is 2.53. The predicted molar refractivity (Wildman–Crippen MR) is 60.1 cm³/mol. The smallest absolute Gasteiger partial charge is 0.134 e. The second kappa shape index (κ2) is 4.23. The Hall–Kier alpha value is -2.03. The second-order valence-electron chi connectivity index (χ2n) is 3.36. The summed E-state index contributed by atoms with van der Waals surface area (Å²) in [5.41, 5.74) is 0.835. The van der Waals surface area contributed by atoms with E-state index in [0.29, 0.717) is 16.9 Å². The van der Waals surface area contributed by atoms with E-state index < -0.39 is 5.82 Å². The molecule has 0 unspecified atom stereocenters. The molecule has 0 fully saturated rings. The summed E-state index contributed by atoms with van der Waals surface area (Å²) < 4.78 is 18.6. The molecule has 16 heavy (non-hydrogen) atoms. The van der Waals surface area contributed by atoms with Gasteiger partial charge in [0.1, 0.15) is 17.3 Å². The summed E-state index contributed by atoms with van der Waals surface area (Å²) in [6.45, 7) is 0. The molecule has 2 aromatic carbocycles. The monoisotopic (exact) mass is 218 g/mol. The van der Waals surface area contributed by atoms with Crippen LogP contribution in [-0.4, -0.2) is 12.2 Å². The molecule has 0 atom stereocenters. The minimum Gasteiger partial charge on any atom is -0.507 e. The van der Waals surface area contributed by atoms with E-state index in [2.05, 4.69) is 0 Å². The lowest BCUT2D eigenvalue weighted by Gasteiger charge is -2.07. The van der Waals surface area contributed by atoms with Crippen molar-refractivity contribution in [2.75, 3.05) is 7.11 Å². The minimum absolute atomic E-state index is 0.0616. The van der Waals surface area contributed by atoms with E-state index in [1.165, 1.54) is 19.2 Å². The molecular formula is C13H11FO2. The maximum absolute atomic E-state index is 13.7. The Labute approximate surface area is 92.9 Å². The first-order valence-electron chi connectivity index (χ1n) is 4.84. The van der Waals surface area contributed by atoms with Crippen molar-refractivity contribution in [3.05, 3.63) is 48.3 Å². The van der Waals surface area contributed by atoms with Gasteiger partial charge in [0.25, 0.3) is 0 Å². The van der Waals surface area contributed by atoms with Crippen molar-refractivity contribution >= 4 is 0 Å². The first-order valence-corrected chi connectivity index (χ1v) is 4.84. The van der Waals surface area contributed by atoms with Crippen LogP contribution in [0.5, 0.6) is 11.5 Å². The summed E-state index contributed by atoms with van der Waals surface area (Å²) in [6, 6.07) is 11.2. The van der Waals surface area contributed by atoms with Crippen LogP contribution in [-0.2, 0) is 0 Å². The van der Waals surface area contributed by atoms with Gasteiger partial charge >= 0.3 is 0 Å². The highest BCUT2D eigenvalue weighted by Gasteiger charge is 2.09. The van der Waals surface area contributed by atoms with Gasteiger partial charge in [-0.3, -0.25) is 0 Å². The van der Waals surface area contributed by atoms with Gasteiger partial charge in [-0.25, -0.2) is 4.39 Å². The molecule has 0 bridgehead atoms. The molecule has 0 spiro atoms. The Morgan fingerprint density at radius 3 is 2.44 bits per heavy atom. The molecule has 0 aromatic heterocycles. The molecule has 3 heteroatoms. The highest BCUT2D eigenvalue weighted by molar-refractivity contribution is 5.70. The SMILES string of the molecule is COc1ccc(-c2ccccc2O)c(F)c1. The Bertz CT molecular complexity index is 509. The van der Waals surface area contributed by atoms with Crippen LogP contribution < -0.4 is 4.74 Å². The second-order valence-corrected chi connectivity index (χ2v) is 3.36. The minimum atomic E-state index is -0.416. The maximum atomic E-state index is 13.7. The van der Waals surface area contributed by atoms with Gasteiger partial charge < -0.3 is 9.84 Å². The molecule has 0 amide bonds. The predicted octanol–water partition coefficient (Wildman–Crippen LogP) is 3.21. The number of phenolic OH excluding ortho intramolecular Hbond substituents is 1. The largest absolute Gasteiger partial charge is 0.507 e. The molecule has 0 aliphatic heterocycles. The molecular weight excluding hydrogens is 207 g/mol. The normalized spacial score (nSPS) is 10.1. The van der Waals surface area contributed by atoms with E-state index in [1.54, 1.807) is 30.3 Å². The zero-order valence-electron chi connectivity index (χ0n) is 8.77. The summed E-state index contributed by atoms with van der Waals surface area (Å²) in [6.07, 6.45) is 0. The summed E-state index contributed by atoms with van der Waals surface area (Å²) in [4.78, 5) is 0. The van der Waals surface area contributed by atoms with Crippen LogP contribution >= 0.6 is 0 Å². The Morgan fingerprint density at radius 2 is 1.81 bits per heavy atom. The molecule has 0 heterocycles. The summed E-state index contributed by atoms with van der Waals surface area (Å²) in [7, 11) is 1.48. The fourth-order valence-electron chi connectivity index (χ4n) is 1.54. The van der Waals surface area contributed by atoms with E-state index in [-0.39, 0.29) is 5.75 Å². The van der Waals surface area contributed by atoms with Gasteiger partial charge in [0, 0.05) is 17.2 Å². The van der Waals surface area contributed by atoms with Gasteiger partial charge in [0.15, 0.2) is 0 Å². The number of methoxy groups -OCH3 is 1. The van der Waals surface area contributed by atoms with E-state index in [0.717, 1.165) is 0 Å². The van der Waals surface area contributed by atoms with E-state index >= 15 is 0 Å². The van der Waals surface area contributed by atoms with E-state index in [1.807, 2.05) is 0 Å². The third-order valence-corrected chi connectivity index (χ3v) is 2.37. The van der Waals surface area contributed by atoms with Crippen molar-refractivity contribution < 1.29 is 14.2 Å². The number of phenols is 1. The summed E-state index contributed by atoms with van der Waals surface area (Å²) in [5, 5.41) is 9.62. The third-order valence-electron chi connectivity index (χ3n) is 2.37. The quantitative estimate of drug-likeness (QED) is 0.838. The fourth-order valence-corrected chi connectivity index (χ4v) is 1.54. The molecule has 0 radical (unpaired) electrons. The van der Waals surface area contributed by atoms with Crippen LogP contribution in [0.4, 0.5) is 4.39 Å². The molecule has 0 aliphatic carbocycles.